The third kappa shape index (κ3) is 3.26. The van der Waals surface area contributed by atoms with Gasteiger partial charge in [-0.2, -0.15) is 15.4 Å². The molecular formula is C9H7CaFN4O. The van der Waals surface area contributed by atoms with Crippen LogP contribution in [0.15, 0.2) is 30.5 Å². The van der Waals surface area contributed by atoms with E-state index in [2.05, 4.69) is 20.7 Å². The Morgan fingerprint density at radius 2 is 2.00 bits per heavy atom. The van der Waals surface area contributed by atoms with Crippen LogP contribution in [-0.2, 0) is 0 Å². The van der Waals surface area contributed by atoms with Crippen LogP contribution in [0.1, 0.15) is 10.5 Å². The summed E-state index contributed by atoms with van der Waals surface area (Å²) in [5, 5.41) is 12.0. The summed E-state index contributed by atoms with van der Waals surface area (Å²) in [5.41, 5.74) is 0.684. The quantitative estimate of drug-likeness (QED) is 0.770. The molecule has 0 unspecified atom stereocenters. The third-order valence-electron chi connectivity index (χ3n) is 1.75. The first-order chi connectivity index (χ1) is 7.25. The second-order valence-corrected chi connectivity index (χ2v) is 2.82. The minimum absolute atomic E-state index is 0. The molecule has 0 atom stereocenters. The van der Waals surface area contributed by atoms with Crippen molar-refractivity contribution in [2.45, 2.75) is 0 Å². The van der Waals surface area contributed by atoms with Crippen LogP contribution in [0.4, 0.5) is 10.1 Å². The van der Waals surface area contributed by atoms with Crippen LogP contribution in [0.5, 0.6) is 0 Å². The van der Waals surface area contributed by atoms with Crippen LogP contribution in [-0.4, -0.2) is 59.1 Å². The fourth-order valence-electron chi connectivity index (χ4n) is 1.04. The molecule has 2 aromatic rings. The number of hydrogen-bond acceptors (Lipinski definition) is 3. The molecule has 1 heterocycles. The number of H-pyrrole nitrogens is 1. The Morgan fingerprint density at radius 1 is 1.31 bits per heavy atom. The number of benzene rings is 1. The fourth-order valence-corrected chi connectivity index (χ4v) is 1.04. The number of amides is 1. The molecule has 1 aromatic carbocycles. The number of carbonyl (C=O) groups is 1. The number of rotatable bonds is 2. The summed E-state index contributed by atoms with van der Waals surface area (Å²) in [6, 6.07) is 5.46. The van der Waals surface area contributed by atoms with Gasteiger partial charge in [-0.25, -0.2) is 4.39 Å². The first-order valence-electron chi connectivity index (χ1n) is 4.18. The van der Waals surface area contributed by atoms with Crippen molar-refractivity contribution in [2.75, 3.05) is 5.32 Å². The Morgan fingerprint density at radius 3 is 2.56 bits per heavy atom. The summed E-state index contributed by atoms with van der Waals surface area (Å²) >= 11 is 0. The van der Waals surface area contributed by atoms with E-state index in [0.717, 1.165) is 0 Å². The standard InChI is InChI=1S/C9H7FN4O.Ca/c10-6-1-3-7(4-2-6)12-9(15)8-5-11-14-13-8;/h1-5H,(H,12,15)(H,11,13,14);. The van der Waals surface area contributed by atoms with Crippen molar-refractivity contribution in [3.8, 4) is 0 Å². The molecule has 0 aliphatic heterocycles. The van der Waals surface area contributed by atoms with Crippen molar-refractivity contribution in [2.24, 2.45) is 0 Å². The molecule has 0 spiro atoms. The van der Waals surface area contributed by atoms with Gasteiger partial charge < -0.3 is 5.32 Å². The number of nitrogens with zero attached hydrogens (tertiary/aromatic N) is 2. The zero-order chi connectivity index (χ0) is 10.7. The predicted octanol–water partition coefficient (Wildman–Crippen LogP) is 0.815. The molecule has 2 radical (unpaired) electrons. The topological polar surface area (TPSA) is 70.7 Å². The van der Waals surface area contributed by atoms with Gasteiger partial charge in [0.1, 0.15) is 5.82 Å². The maximum Gasteiger partial charge on any atom is 0.277 e. The fraction of sp³-hybridized carbons (Fsp3) is 0. The van der Waals surface area contributed by atoms with Gasteiger partial charge in [0.25, 0.3) is 5.91 Å². The van der Waals surface area contributed by atoms with E-state index in [0.29, 0.717) is 5.69 Å². The van der Waals surface area contributed by atoms with Crippen molar-refractivity contribution in [3.05, 3.63) is 42.0 Å². The maximum absolute atomic E-state index is 12.6. The molecule has 16 heavy (non-hydrogen) atoms. The molecular weight excluding hydrogens is 239 g/mol. The minimum atomic E-state index is -0.393. The molecule has 0 saturated heterocycles. The van der Waals surface area contributed by atoms with E-state index >= 15 is 0 Å². The van der Waals surface area contributed by atoms with E-state index in [-0.39, 0.29) is 49.2 Å². The van der Waals surface area contributed by atoms with Gasteiger partial charge in [-0.15, -0.1) is 0 Å². The first kappa shape index (κ1) is 13.1. The van der Waals surface area contributed by atoms with Crippen LogP contribution >= 0.6 is 0 Å². The van der Waals surface area contributed by atoms with Crippen LogP contribution < -0.4 is 5.32 Å². The van der Waals surface area contributed by atoms with Gasteiger partial charge >= 0.3 is 0 Å². The molecule has 1 amide bonds. The largest absolute Gasteiger partial charge is 0.321 e. The van der Waals surface area contributed by atoms with Crippen LogP contribution in [0.3, 0.4) is 0 Å². The van der Waals surface area contributed by atoms with Crippen molar-refractivity contribution in [3.63, 3.8) is 0 Å². The summed E-state index contributed by atoms with van der Waals surface area (Å²) in [7, 11) is 0. The number of nitrogens with one attached hydrogen (secondary N) is 2. The van der Waals surface area contributed by atoms with E-state index in [1.807, 2.05) is 0 Å². The normalized spacial score (nSPS) is 9.31. The van der Waals surface area contributed by atoms with Gasteiger partial charge in [0.15, 0.2) is 5.69 Å². The molecule has 7 heteroatoms. The van der Waals surface area contributed by atoms with Gasteiger partial charge in [-0.3, -0.25) is 4.79 Å². The molecule has 0 aliphatic carbocycles. The minimum Gasteiger partial charge on any atom is -0.321 e. The van der Waals surface area contributed by atoms with Gasteiger partial charge in [-0.05, 0) is 24.3 Å². The van der Waals surface area contributed by atoms with Gasteiger partial charge in [0.05, 0.1) is 6.20 Å². The van der Waals surface area contributed by atoms with E-state index in [1.54, 1.807) is 0 Å². The van der Waals surface area contributed by atoms with Crippen molar-refractivity contribution in [1.82, 2.24) is 15.4 Å². The van der Waals surface area contributed by atoms with Crippen LogP contribution in [0.25, 0.3) is 0 Å². The summed E-state index contributed by atoms with van der Waals surface area (Å²) in [4.78, 5) is 11.4. The zero-order valence-corrected chi connectivity index (χ0v) is 10.5. The second-order valence-electron chi connectivity index (χ2n) is 2.82. The van der Waals surface area contributed by atoms with E-state index < -0.39 is 5.91 Å². The Hall–Kier alpha value is -0.980. The van der Waals surface area contributed by atoms with E-state index in [1.165, 1.54) is 30.5 Å². The molecule has 5 nitrogen and oxygen atoms in total. The molecule has 2 N–H and O–H groups in total. The van der Waals surface area contributed by atoms with Gasteiger partial charge in [-0.1, -0.05) is 0 Å². The zero-order valence-electron chi connectivity index (χ0n) is 8.27. The smallest absolute Gasteiger partial charge is 0.277 e. The predicted molar refractivity (Wildman–Crippen MR) is 56.5 cm³/mol. The SMILES string of the molecule is O=C(Nc1ccc(F)cc1)c1cn[nH]n1.[Ca]. The number of hydrogen-bond donors (Lipinski definition) is 2. The van der Waals surface area contributed by atoms with Crippen molar-refractivity contribution < 1.29 is 9.18 Å². The molecule has 0 saturated carbocycles. The average molecular weight is 246 g/mol. The number of carbonyl (C=O) groups excluding carboxylic acids is 1. The van der Waals surface area contributed by atoms with Gasteiger partial charge in [0, 0.05) is 43.4 Å². The second kappa shape index (κ2) is 5.93. The van der Waals surface area contributed by atoms with E-state index in [9.17, 15) is 9.18 Å². The summed E-state index contributed by atoms with van der Waals surface area (Å²) in [5.74, 6) is -0.746. The molecule has 0 aliphatic rings. The van der Waals surface area contributed by atoms with Crippen molar-refractivity contribution in [1.29, 1.82) is 0 Å². The molecule has 78 valence electrons. The number of aromatic nitrogens is 3. The average Bonchev–Trinajstić information content (AvgIpc) is 2.74. The number of halogens is 1. The summed E-state index contributed by atoms with van der Waals surface area (Å²) in [6.45, 7) is 0. The number of anilines is 1. The van der Waals surface area contributed by atoms with Crippen LogP contribution in [0.2, 0.25) is 0 Å². The van der Waals surface area contributed by atoms with Gasteiger partial charge in [0.2, 0.25) is 0 Å². The molecule has 1 aromatic heterocycles. The Balaban J connectivity index is 0.00000128. The Kier molecular flexibility index (Phi) is 4.85. The van der Waals surface area contributed by atoms with Crippen LogP contribution in [0, 0.1) is 5.82 Å². The first-order valence-corrected chi connectivity index (χ1v) is 4.18. The Labute approximate surface area is 120 Å². The summed E-state index contributed by atoms with van der Waals surface area (Å²) in [6.07, 6.45) is 1.30. The molecule has 2 rings (SSSR count). The maximum atomic E-state index is 12.6. The third-order valence-corrected chi connectivity index (χ3v) is 1.75. The summed E-state index contributed by atoms with van der Waals surface area (Å²) < 4.78 is 12.6. The number of aromatic amines is 1. The monoisotopic (exact) mass is 246 g/mol. The van der Waals surface area contributed by atoms with E-state index in [4.69, 9.17) is 0 Å². The van der Waals surface area contributed by atoms with Crippen molar-refractivity contribution >= 4 is 49.3 Å². The molecule has 0 fully saturated rings. The Bertz CT molecular complexity index is 457. The molecule has 0 bridgehead atoms.